The molecule has 3 N–H and O–H groups in total. The van der Waals surface area contributed by atoms with Gasteiger partial charge in [0, 0.05) is 38.6 Å². The third-order valence-electron chi connectivity index (χ3n) is 6.46. The number of Topliss-reactive ketones (excluding diaryl/α,β-unsaturated/α-hetero) is 2. The second kappa shape index (κ2) is 23.0. The summed E-state index contributed by atoms with van der Waals surface area (Å²) in [6.45, 7) is 3.75. The third-order valence-corrected chi connectivity index (χ3v) is 6.46. The van der Waals surface area contributed by atoms with Crippen molar-refractivity contribution in [2.24, 2.45) is 11.7 Å². The van der Waals surface area contributed by atoms with Gasteiger partial charge < -0.3 is 15.8 Å². The van der Waals surface area contributed by atoms with E-state index in [1.54, 1.807) is 6.92 Å². The number of ketones is 2. The highest BCUT2D eigenvalue weighted by Gasteiger charge is 2.18. The predicted octanol–water partition coefficient (Wildman–Crippen LogP) is 6.18. The molecular weight excluding hydrogens is 428 g/mol. The molecule has 2 amide bonds. The van der Waals surface area contributed by atoms with Crippen LogP contribution in [-0.2, 0) is 19.2 Å². The first-order valence-corrected chi connectivity index (χ1v) is 13.9. The van der Waals surface area contributed by atoms with Gasteiger partial charge in [0.25, 0.3) is 0 Å². The molecule has 0 aromatic rings. The Hall–Kier alpha value is -1.72. The maximum Gasteiger partial charge on any atom is 0.220 e. The van der Waals surface area contributed by atoms with Crippen LogP contribution in [0.5, 0.6) is 0 Å². The average molecular weight is 481 g/mol. The fourth-order valence-electron chi connectivity index (χ4n) is 4.32. The van der Waals surface area contributed by atoms with Crippen molar-refractivity contribution in [2.75, 3.05) is 6.54 Å². The number of rotatable bonds is 25. The van der Waals surface area contributed by atoms with E-state index in [1.807, 2.05) is 0 Å². The van der Waals surface area contributed by atoms with E-state index in [0.29, 0.717) is 25.2 Å². The lowest BCUT2D eigenvalue weighted by Gasteiger charge is -2.12. The monoisotopic (exact) mass is 480 g/mol. The Morgan fingerprint density at radius 2 is 1.06 bits per heavy atom. The Morgan fingerprint density at radius 3 is 1.47 bits per heavy atom. The molecule has 0 aromatic carbocycles. The molecule has 0 radical (unpaired) electrons. The smallest absolute Gasteiger partial charge is 0.220 e. The van der Waals surface area contributed by atoms with Crippen LogP contribution < -0.4 is 11.1 Å². The van der Waals surface area contributed by atoms with Gasteiger partial charge >= 0.3 is 0 Å². The van der Waals surface area contributed by atoms with Crippen LogP contribution >= 0.6 is 0 Å². The summed E-state index contributed by atoms with van der Waals surface area (Å²) in [5.41, 5.74) is 5.47. The standard InChI is InChI=1S/C28H52N2O4/c1-24(31)19-15-13-11-9-7-5-3-4-6-8-10-12-14-16-21-27(33)23-26(28(29)34)20-17-18-22-30-25(2)32/h26H,3-23H2,1-2H3,(H2,29,34)(H,30,32). The van der Waals surface area contributed by atoms with Crippen LogP contribution in [0.1, 0.15) is 142 Å². The van der Waals surface area contributed by atoms with E-state index in [0.717, 1.165) is 38.5 Å². The molecule has 0 fully saturated rings. The molecule has 0 rings (SSSR count). The van der Waals surface area contributed by atoms with Crippen molar-refractivity contribution in [1.29, 1.82) is 0 Å². The zero-order valence-electron chi connectivity index (χ0n) is 22.1. The Balaban J connectivity index is 3.50. The summed E-state index contributed by atoms with van der Waals surface area (Å²) in [4.78, 5) is 45.6. The van der Waals surface area contributed by atoms with Crippen LogP contribution in [0.2, 0.25) is 0 Å². The van der Waals surface area contributed by atoms with Crippen LogP contribution in [-0.4, -0.2) is 29.9 Å². The van der Waals surface area contributed by atoms with Gasteiger partial charge in [0.05, 0.1) is 0 Å². The van der Waals surface area contributed by atoms with E-state index in [-0.39, 0.29) is 24.0 Å². The molecule has 1 atom stereocenters. The minimum Gasteiger partial charge on any atom is -0.369 e. The SMILES string of the molecule is CC(=O)CCCCCCCCCCCCCCCCC(=O)CC(CCCCNC(C)=O)C(N)=O. The van der Waals surface area contributed by atoms with Crippen molar-refractivity contribution in [3.05, 3.63) is 0 Å². The highest BCUT2D eigenvalue weighted by atomic mass is 16.2. The summed E-state index contributed by atoms with van der Waals surface area (Å²) < 4.78 is 0. The molecule has 0 aromatic heterocycles. The number of hydrogen-bond donors (Lipinski definition) is 2. The first kappa shape index (κ1) is 32.3. The van der Waals surface area contributed by atoms with Gasteiger partial charge in [0.2, 0.25) is 11.8 Å². The van der Waals surface area contributed by atoms with Gasteiger partial charge in [-0.1, -0.05) is 83.5 Å². The zero-order chi connectivity index (χ0) is 25.4. The molecule has 0 aliphatic heterocycles. The first-order valence-electron chi connectivity index (χ1n) is 13.9. The predicted molar refractivity (Wildman–Crippen MR) is 139 cm³/mol. The number of nitrogens with one attached hydrogen (secondary N) is 1. The normalized spacial score (nSPS) is 11.8. The van der Waals surface area contributed by atoms with Crippen molar-refractivity contribution in [3.63, 3.8) is 0 Å². The van der Waals surface area contributed by atoms with Crippen molar-refractivity contribution >= 4 is 23.4 Å². The van der Waals surface area contributed by atoms with Crippen molar-refractivity contribution in [3.8, 4) is 0 Å². The lowest BCUT2D eigenvalue weighted by Crippen LogP contribution is -2.26. The fourth-order valence-corrected chi connectivity index (χ4v) is 4.32. The molecule has 0 aliphatic rings. The van der Waals surface area contributed by atoms with Gasteiger partial charge in [0.1, 0.15) is 11.6 Å². The van der Waals surface area contributed by atoms with E-state index in [4.69, 9.17) is 5.73 Å². The fraction of sp³-hybridized carbons (Fsp3) is 0.857. The van der Waals surface area contributed by atoms with E-state index in [2.05, 4.69) is 5.32 Å². The van der Waals surface area contributed by atoms with Gasteiger partial charge in [-0.25, -0.2) is 0 Å². The minimum absolute atomic E-state index is 0.0535. The first-order chi connectivity index (χ1) is 16.3. The van der Waals surface area contributed by atoms with Crippen LogP contribution in [0.15, 0.2) is 0 Å². The molecule has 0 spiro atoms. The van der Waals surface area contributed by atoms with Crippen LogP contribution in [0.3, 0.4) is 0 Å². The maximum atomic E-state index is 12.2. The lowest BCUT2D eigenvalue weighted by molar-refractivity contribution is -0.127. The number of carbonyl (C=O) groups is 4. The summed E-state index contributed by atoms with van der Waals surface area (Å²) >= 11 is 0. The number of hydrogen-bond acceptors (Lipinski definition) is 4. The van der Waals surface area contributed by atoms with Crippen molar-refractivity contribution in [2.45, 2.75) is 142 Å². The largest absolute Gasteiger partial charge is 0.369 e. The van der Waals surface area contributed by atoms with E-state index in [9.17, 15) is 19.2 Å². The molecule has 0 aliphatic carbocycles. The second-order valence-electron chi connectivity index (χ2n) is 9.97. The Kier molecular flexibility index (Phi) is 21.9. The van der Waals surface area contributed by atoms with E-state index >= 15 is 0 Å². The topological polar surface area (TPSA) is 106 Å². The highest BCUT2D eigenvalue weighted by molar-refractivity contribution is 5.85. The summed E-state index contributed by atoms with van der Waals surface area (Å²) in [6, 6.07) is 0. The van der Waals surface area contributed by atoms with Gasteiger partial charge in [-0.05, 0) is 32.6 Å². The Morgan fingerprint density at radius 1 is 0.618 bits per heavy atom. The van der Waals surface area contributed by atoms with Crippen LogP contribution in [0.4, 0.5) is 0 Å². The van der Waals surface area contributed by atoms with Gasteiger partial charge in [-0.3, -0.25) is 14.4 Å². The molecule has 0 heterocycles. The highest BCUT2D eigenvalue weighted by Crippen LogP contribution is 2.17. The molecule has 0 bridgehead atoms. The van der Waals surface area contributed by atoms with Crippen LogP contribution in [0.25, 0.3) is 0 Å². The summed E-state index contributed by atoms with van der Waals surface area (Å²) in [5.74, 6) is -0.369. The molecular formula is C28H52N2O4. The van der Waals surface area contributed by atoms with Crippen molar-refractivity contribution in [1.82, 2.24) is 5.32 Å². The van der Waals surface area contributed by atoms with Gasteiger partial charge in [-0.15, -0.1) is 0 Å². The molecule has 1 unspecified atom stereocenters. The second-order valence-corrected chi connectivity index (χ2v) is 9.97. The number of carbonyl (C=O) groups excluding carboxylic acids is 4. The zero-order valence-corrected chi connectivity index (χ0v) is 22.1. The Labute approximate surface area is 208 Å². The molecule has 6 heteroatoms. The third kappa shape index (κ3) is 23.4. The quantitative estimate of drug-likeness (QED) is 0.152. The molecule has 0 saturated carbocycles. The number of primary amides is 1. The van der Waals surface area contributed by atoms with Gasteiger partial charge in [0.15, 0.2) is 0 Å². The van der Waals surface area contributed by atoms with Crippen LogP contribution in [0, 0.1) is 5.92 Å². The summed E-state index contributed by atoms with van der Waals surface area (Å²) in [6.07, 6.45) is 20.8. The summed E-state index contributed by atoms with van der Waals surface area (Å²) in [7, 11) is 0. The van der Waals surface area contributed by atoms with Crippen molar-refractivity contribution < 1.29 is 19.2 Å². The number of nitrogens with two attached hydrogens (primary N) is 1. The lowest BCUT2D eigenvalue weighted by atomic mass is 9.93. The van der Waals surface area contributed by atoms with Gasteiger partial charge in [-0.2, -0.15) is 0 Å². The molecule has 6 nitrogen and oxygen atoms in total. The molecule has 198 valence electrons. The molecule has 0 saturated heterocycles. The summed E-state index contributed by atoms with van der Waals surface area (Å²) in [5, 5.41) is 2.73. The maximum absolute atomic E-state index is 12.2. The Bertz CT molecular complexity index is 563. The van der Waals surface area contributed by atoms with E-state index < -0.39 is 5.91 Å². The number of unbranched alkanes of at least 4 members (excludes halogenated alkanes) is 14. The molecule has 34 heavy (non-hydrogen) atoms. The average Bonchev–Trinajstić information content (AvgIpc) is 2.77. The number of amides is 2. The van der Waals surface area contributed by atoms with E-state index in [1.165, 1.54) is 77.6 Å². The minimum atomic E-state index is -0.391.